The fraction of sp³-hybridized carbons (Fsp3) is 0.167. The van der Waals surface area contributed by atoms with E-state index in [0.717, 1.165) is 11.1 Å². The van der Waals surface area contributed by atoms with Crippen LogP contribution in [0.15, 0.2) is 84.9 Å². The first-order valence-electron chi connectivity index (χ1n) is 9.37. The van der Waals surface area contributed by atoms with E-state index in [9.17, 15) is 9.59 Å². The number of ether oxygens (including phenoxy) is 1. The molecule has 1 N–H and O–H groups in total. The molecule has 0 unspecified atom stereocenters. The third-order valence-electron chi connectivity index (χ3n) is 4.65. The van der Waals surface area contributed by atoms with Crippen molar-refractivity contribution in [2.45, 2.75) is 6.04 Å². The quantitative estimate of drug-likeness (QED) is 0.618. The molecule has 1 amide bonds. The van der Waals surface area contributed by atoms with Gasteiger partial charge in [0.05, 0.1) is 25.3 Å². The Kier molecular flexibility index (Phi) is 6.76. The number of benzene rings is 3. The van der Waals surface area contributed by atoms with E-state index in [1.165, 1.54) is 7.11 Å². The number of nitrogens with zero attached hydrogens (tertiary/aromatic N) is 1. The van der Waals surface area contributed by atoms with Crippen LogP contribution in [0.2, 0.25) is 0 Å². The fourth-order valence-corrected chi connectivity index (χ4v) is 3.30. The molecule has 148 valence electrons. The van der Waals surface area contributed by atoms with Gasteiger partial charge in [0.2, 0.25) is 5.91 Å². The molecule has 0 radical (unpaired) electrons. The molecule has 3 aromatic rings. The third kappa shape index (κ3) is 5.30. The predicted octanol–water partition coefficient (Wildman–Crippen LogP) is 4.13. The van der Waals surface area contributed by atoms with Crippen molar-refractivity contribution in [2.24, 2.45) is 0 Å². The molecule has 0 heterocycles. The minimum absolute atomic E-state index is 0.0372. The van der Waals surface area contributed by atoms with Crippen LogP contribution < -0.4 is 5.32 Å². The second kappa shape index (κ2) is 9.66. The van der Waals surface area contributed by atoms with Crippen molar-refractivity contribution in [1.82, 2.24) is 4.90 Å². The highest BCUT2D eigenvalue weighted by molar-refractivity contribution is 5.94. The minimum Gasteiger partial charge on any atom is -0.465 e. The number of hydrogen-bond donors (Lipinski definition) is 1. The highest BCUT2D eigenvalue weighted by atomic mass is 16.5. The fourth-order valence-electron chi connectivity index (χ4n) is 3.30. The molecule has 0 saturated heterocycles. The summed E-state index contributed by atoms with van der Waals surface area (Å²) in [6, 6.07) is 26.8. The number of anilines is 1. The number of carbonyl (C=O) groups is 2. The summed E-state index contributed by atoms with van der Waals surface area (Å²) in [4.78, 5) is 26.2. The zero-order chi connectivity index (χ0) is 20.6. The molecule has 0 aliphatic heterocycles. The van der Waals surface area contributed by atoms with Crippen molar-refractivity contribution in [1.29, 1.82) is 0 Å². The summed E-state index contributed by atoms with van der Waals surface area (Å²) in [7, 11) is 3.27. The Morgan fingerprint density at radius 3 is 1.86 bits per heavy atom. The number of rotatable bonds is 7. The van der Waals surface area contributed by atoms with Crippen molar-refractivity contribution in [2.75, 3.05) is 26.0 Å². The van der Waals surface area contributed by atoms with Crippen molar-refractivity contribution < 1.29 is 14.3 Å². The summed E-state index contributed by atoms with van der Waals surface area (Å²) in [5, 5.41) is 2.88. The van der Waals surface area contributed by atoms with E-state index < -0.39 is 5.97 Å². The average molecular weight is 388 g/mol. The van der Waals surface area contributed by atoms with Gasteiger partial charge in [-0.3, -0.25) is 9.69 Å². The highest BCUT2D eigenvalue weighted by Crippen LogP contribution is 2.27. The molecule has 0 aromatic heterocycles. The lowest BCUT2D eigenvalue weighted by molar-refractivity contribution is -0.117. The van der Waals surface area contributed by atoms with Gasteiger partial charge < -0.3 is 10.1 Å². The number of hydrogen-bond acceptors (Lipinski definition) is 4. The van der Waals surface area contributed by atoms with Crippen LogP contribution in [0, 0.1) is 0 Å². The van der Waals surface area contributed by atoms with Crippen LogP contribution in [0.3, 0.4) is 0 Å². The molecule has 29 heavy (non-hydrogen) atoms. The van der Waals surface area contributed by atoms with Gasteiger partial charge in [0, 0.05) is 5.69 Å². The summed E-state index contributed by atoms with van der Waals surface area (Å²) >= 11 is 0. The number of likely N-dealkylation sites (N-methyl/N-ethyl adjacent to an activating group) is 1. The Balaban J connectivity index is 1.71. The van der Waals surface area contributed by atoms with E-state index >= 15 is 0 Å². The van der Waals surface area contributed by atoms with Gasteiger partial charge in [0.15, 0.2) is 0 Å². The number of amides is 1. The summed E-state index contributed by atoms with van der Waals surface area (Å²) in [5.74, 6) is -0.536. The standard InChI is InChI=1S/C24H24N2O3/c1-26(17-22(27)25-21-15-13-20(14-16-21)24(28)29-2)23(18-9-5-3-6-10-18)19-11-7-4-8-12-19/h3-16,23H,17H2,1-2H3,(H,25,27). The lowest BCUT2D eigenvalue weighted by atomic mass is 9.97. The van der Waals surface area contributed by atoms with Gasteiger partial charge >= 0.3 is 5.97 Å². The molecule has 3 aromatic carbocycles. The number of carbonyl (C=O) groups excluding carboxylic acids is 2. The molecule has 0 spiro atoms. The largest absolute Gasteiger partial charge is 0.465 e. The normalized spacial score (nSPS) is 10.8. The molecule has 0 saturated carbocycles. The molecule has 0 fully saturated rings. The number of nitrogens with one attached hydrogen (secondary N) is 1. The smallest absolute Gasteiger partial charge is 0.337 e. The van der Waals surface area contributed by atoms with Gasteiger partial charge in [-0.05, 0) is 42.4 Å². The minimum atomic E-state index is -0.406. The summed E-state index contributed by atoms with van der Waals surface area (Å²) in [6.07, 6.45) is 0. The van der Waals surface area contributed by atoms with Crippen LogP contribution in [0.1, 0.15) is 27.5 Å². The van der Waals surface area contributed by atoms with Gasteiger partial charge in [0.1, 0.15) is 0 Å². The van der Waals surface area contributed by atoms with E-state index in [4.69, 9.17) is 0 Å². The van der Waals surface area contributed by atoms with Gasteiger partial charge in [-0.2, -0.15) is 0 Å². The average Bonchev–Trinajstić information content (AvgIpc) is 2.75. The lowest BCUT2D eigenvalue weighted by Gasteiger charge is -2.28. The van der Waals surface area contributed by atoms with Crippen LogP contribution in [-0.2, 0) is 9.53 Å². The number of methoxy groups -OCH3 is 1. The predicted molar refractivity (Wildman–Crippen MR) is 114 cm³/mol. The summed E-state index contributed by atoms with van der Waals surface area (Å²) < 4.78 is 4.69. The maximum absolute atomic E-state index is 12.6. The Morgan fingerprint density at radius 1 is 0.862 bits per heavy atom. The molecular weight excluding hydrogens is 364 g/mol. The Hall–Kier alpha value is -3.44. The van der Waals surface area contributed by atoms with E-state index in [1.54, 1.807) is 24.3 Å². The maximum atomic E-state index is 12.6. The second-order valence-corrected chi connectivity index (χ2v) is 6.76. The highest BCUT2D eigenvalue weighted by Gasteiger charge is 2.21. The first-order chi connectivity index (χ1) is 14.1. The third-order valence-corrected chi connectivity index (χ3v) is 4.65. The molecule has 5 nitrogen and oxygen atoms in total. The lowest BCUT2D eigenvalue weighted by Crippen LogP contribution is -2.33. The zero-order valence-corrected chi connectivity index (χ0v) is 16.5. The van der Waals surface area contributed by atoms with Gasteiger partial charge in [-0.25, -0.2) is 4.79 Å². The molecule has 0 aliphatic rings. The van der Waals surface area contributed by atoms with Crippen LogP contribution in [0.5, 0.6) is 0 Å². The summed E-state index contributed by atoms with van der Waals surface area (Å²) in [5.41, 5.74) is 3.32. The van der Waals surface area contributed by atoms with Crippen LogP contribution in [-0.4, -0.2) is 37.5 Å². The number of esters is 1. The van der Waals surface area contributed by atoms with Gasteiger partial charge in [-0.1, -0.05) is 60.7 Å². The van der Waals surface area contributed by atoms with Gasteiger partial charge in [-0.15, -0.1) is 0 Å². The summed E-state index contributed by atoms with van der Waals surface area (Å²) in [6.45, 7) is 0.215. The molecule has 3 rings (SSSR count). The van der Waals surface area contributed by atoms with E-state index in [-0.39, 0.29) is 18.5 Å². The van der Waals surface area contributed by atoms with Crippen molar-refractivity contribution >= 4 is 17.6 Å². The zero-order valence-electron chi connectivity index (χ0n) is 16.5. The van der Waals surface area contributed by atoms with Crippen molar-refractivity contribution in [3.05, 3.63) is 102 Å². The topological polar surface area (TPSA) is 58.6 Å². The molecular formula is C24H24N2O3. The van der Waals surface area contributed by atoms with Crippen LogP contribution in [0.4, 0.5) is 5.69 Å². The van der Waals surface area contributed by atoms with Gasteiger partial charge in [0.25, 0.3) is 0 Å². The van der Waals surface area contributed by atoms with Crippen LogP contribution in [0.25, 0.3) is 0 Å². The molecule has 0 bridgehead atoms. The van der Waals surface area contributed by atoms with E-state index in [2.05, 4.69) is 34.3 Å². The van der Waals surface area contributed by atoms with Crippen LogP contribution >= 0.6 is 0 Å². The second-order valence-electron chi connectivity index (χ2n) is 6.76. The monoisotopic (exact) mass is 388 g/mol. The maximum Gasteiger partial charge on any atom is 0.337 e. The Morgan fingerprint density at radius 2 is 1.38 bits per heavy atom. The SMILES string of the molecule is COC(=O)c1ccc(NC(=O)CN(C)C(c2ccccc2)c2ccccc2)cc1. The first kappa shape index (κ1) is 20.3. The van der Waals surface area contributed by atoms with Crippen molar-refractivity contribution in [3.8, 4) is 0 Å². The molecule has 0 atom stereocenters. The first-order valence-corrected chi connectivity index (χ1v) is 9.37. The Bertz CT molecular complexity index is 901. The Labute approximate surface area is 170 Å². The molecule has 5 heteroatoms. The molecule has 0 aliphatic carbocycles. The van der Waals surface area contributed by atoms with E-state index in [0.29, 0.717) is 11.3 Å². The van der Waals surface area contributed by atoms with E-state index in [1.807, 2.05) is 48.3 Å². The van der Waals surface area contributed by atoms with Crippen molar-refractivity contribution in [3.63, 3.8) is 0 Å².